The first-order valence-electron chi connectivity index (χ1n) is 9.75. The molecule has 0 spiro atoms. The predicted molar refractivity (Wildman–Crippen MR) is 118 cm³/mol. The van der Waals surface area contributed by atoms with E-state index in [4.69, 9.17) is 10.7 Å². The zero-order valence-corrected chi connectivity index (χ0v) is 16.4. The Kier molecular flexibility index (Phi) is 3.44. The van der Waals surface area contributed by atoms with Crippen LogP contribution in [0, 0.1) is 11.3 Å². The van der Waals surface area contributed by atoms with Crippen molar-refractivity contribution >= 4 is 48.5 Å². The Hall–Kier alpha value is -3.43. The Labute approximate surface area is 170 Å². The van der Waals surface area contributed by atoms with E-state index in [2.05, 4.69) is 34.2 Å². The molecule has 5 aromatic rings. The minimum absolute atomic E-state index is 0.588. The third kappa shape index (κ3) is 2.38. The molecule has 6 rings (SSSR count). The van der Waals surface area contributed by atoms with Gasteiger partial charge in [0.15, 0.2) is 5.13 Å². The Balaban J connectivity index is 1.71. The molecule has 0 saturated heterocycles. The highest BCUT2D eigenvalue weighted by Crippen LogP contribution is 2.40. The molecule has 0 aliphatic heterocycles. The number of fused-ring (bicyclic) bond motifs is 6. The average Bonchev–Trinajstić information content (AvgIpc) is 3.34. The van der Waals surface area contributed by atoms with Gasteiger partial charge in [0.1, 0.15) is 6.07 Å². The highest BCUT2D eigenvalue weighted by Gasteiger charge is 2.22. The van der Waals surface area contributed by atoms with Gasteiger partial charge in [0.05, 0.1) is 27.0 Å². The number of rotatable bonds is 1. The van der Waals surface area contributed by atoms with Gasteiger partial charge in [0.2, 0.25) is 0 Å². The number of benzene rings is 2. The van der Waals surface area contributed by atoms with E-state index < -0.39 is 0 Å². The van der Waals surface area contributed by atoms with Crippen LogP contribution in [0.15, 0.2) is 36.5 Å². The Morgan fingerprint density at radius 3 is 2.69 bits per heavy atom. The summed E-state index contributed by atoms with van der Waals surface area (Å²) in [5, 5.41) is 12.4. The molecule has 140 valence electrons. The van der Waals surface area contributed by atoms with Gasteiger partial charge in [-0.3, -0.25) is 0 Å². The number of pyridine rings is 1. The monoisotopic (exact) mass is 395 g/mol. The normalized spacial score (nSPS) is 13.8. The second kappa shape index (κ2) is 6.03. The van der Waals surface area contributed by atoms with Crippen molar-refractivity contribution in [2.75, 3.05) is 5.73 Å². The quantitative estimate of drug-likeness (QED) is 0.401. The fourth-order valence-corrected chi connectivity index (χ4v) is 5.43. The summed E-state index contributed by atoms with van der Waals surface area (Å²) in [6.45, 7) is 0. The van der Waals surface area contributed by atoms with Crippen LogP contribution in [0.1, 0.15) is 29.5 Å². The smallest absolute Gasteiger partial charge is 0.181 e. The van der Waals surface area contributed by atoms with Crippen LogP contribution in [-0.4, -0.2) is 15.0 Å². The van der Waals surface area contributed by atoms with Crippen LogP contribution in [0.25, 0.3) is 43.3 Å². The summed E-state index contributed by atoms with van der Waals surface area (Å²) in [6, 6.07) is 12.7. The van der Waals surface area contributed by atoms with Crippen LogP contribution < -0.4 is 5.73 Å². The van der Waals surface area contributed by atoms with Crippen molar-refractivity contribution in [1.29, 1.82) is 5.26 Å². The molecule has 5 nitrogen and oxygen atoms in total. The van der Waals surface area contributed by atoms with Gasteiger partial charge in [0.25, 0.3) is 0 Å². The van der Waals surface area contributed by atoms with Gasteiger partial charge >= 0.3 is 0 Å². The van der Waals surface area contributed by atoms with E-state index in [0.29, 0.717) is 10.7 Å². The molecular formula is C23H17N5S. The van der Waals surface area contributed by atoms with Gasteiger partial charge in [-0.1, -0.05) is 17.4 Å². The van der Waals surface area contributed by atoms with E-state index in [9.17, 15) is 5.26 Å². The van der Waals surface area contributed by atoms with E-state index in [1.165, 1.54) is 28.9 Å². The number of aromatic amines is 1. The number of nitrogens with one attached hydrogen (secondary N) is 1. The summed E-state index contributed by atoms with van der Waals surface area (Å²) in [4.78, 5) is 12.7. The molecule has 0 atom stereocenters. The molecule has 3 aromatic heterocycles. The van der Waals surface area contributed by atoms with E-state index in [1.54, 1.807) is 6.20 Å². The predicted octanol–water partition coefficient (Wildman–Crippen LogP) is 5.33. The summed E-state index contributed by atoms with van der Waals surface area (Å²) in [6.07, 6.45) is 6.16. The lowest BCUT2D eigenvalue weighted by Crippen LogP contribution is -2.08. The number of H-pyrrole nitrogens is 1. The summed E-state index contributed by atoms with van der Waals surface area (Å²) in [7, 11) is 0. The lowest BCUT2D eigenvalue weighted by Gasteiger charge is -2.22. The zero-order valence-electron chi connectivity index (χ0n) is 15.6. The van der Waals surface area contributed by atoms with Gasteiger partial charge in [-0.15, -0.1) is 0 Å². The standard InChI is InChI=1S/C23H17N5S/c24-10-13-11-26-17-7-8-18-21(20(13)17)14-3-1-2-4-15(14)22(27-18)12-5-6-16-19(9-12)29-23(25)28-16/h5-9,11,26H,1-4H2,(H2,25,28). The van der Waals surface area contributed by atoms with Crippen molar-refractivity contribution in [3.05, 3.63) is 53.2 Å². The number of nitriles is 1. The highest BCUT2D eigenvalue weighted by atomic mass is 32.1. The zero-order chi connectivity index (χ0) is 19.5. The molecule has 2 aromatic carbocycles. The molecule has 3 heterocycles. The Morgan fingerprint density at radius 2 is 1.83 bits per heavy atom. The first kappa shape index (κ1) is 16.5. The van der Waals surface area contributed by atoms with Gasteiger partial charge in [-0.05, 0) is 61.1 Å². The maximum atomic E-state index is 9.62. The van der Waals surface area contributed by atoms with Crippen molar-refractivity contribution in [2.24, 2.45) is 0 Å². The topological polar surface area (TPSA) is 91.4 Å². The maximum Gasteiger partial charge on any atom is 0.181 e. The highest BCUT2D eigenvalue weighted by molar-refractivity contribution is 7.22. The molecule has 1 aliphatic rings. The van der Waals surface area contributed by atoms with Crippen molar-refractivity contribution in [2.45, 2.75) is 25.7 Å². The lowest BCUT2D eigenvalue weighted by molar-refractivity contribution is 0.689. The lowest BCUT2D eigenvalue weighted by atomic mass is 9.85. The number of thiazole rings is 1. The number of hydrogen-bond acceptors (Lipinski definition) is 5. The first-order chi connectivity index (χ1) is 14.2. The minimum Gasteiger partial charge on any atom is -0.375 e. The first-order valence-corrected chi connectivity index (χ1v) is 10.6. The summed E-state index contributed by atoms with van der Waals surface area (Å²) < 4.78 is 1.08. The van der Waals surface area contributed by atoms with Gasteiger partial charge in [-0.25, -0.2) is 9.97 Å². The van der Waals surface area contributed by atoms with E-state index in [1.807, 2.05) is 12.1 Å². The largest absolute Gasteiger partial charge is 0.375 e. The number of hydrogen-bond donors (Lipinski definition) is 2. The number of aryl methyl sites for hydroxylation is 1. The molecule has 6 heteroatoms. The number of nitrogens with zero attached hydrogens (tertiary/aromatic N) is 3. The van der Waals surface area contributed by atoms with Gasteiger partial charge in [-0.2, -0.15) is 5.26 Å². The molecule has 0 saturated carbocycles. The number of aromatic nitrogens is 3. The van der Waals surface area contributed by atoms with Crippen molar-refractivity contribution in [3.63, 3.8) is 0 Å². The summed E-state index contributed by atoms with van der Waals surface area (Å²) in [5.74, 6) is 0. The fourth-order valence-electron chi connectivity index (χ4n) is 4.66. The van der Waals surface area contributed by atoms with E-state index >= 15 is 0 Å². The molecule has 0 unspecified atom stereocenters. The number of nitrogens with two attached hydrogens (primary N) is 1. The molecule has 29 heavy (non-hydrogen) atoms. The summed E-state index contributed by atoms with van der Waals surface area (Å²) in [5.41, 5.74) is 14.3. The number of nitrogen functional groups attached to an aromatic ring is 1. The van der Waals surface area contributed by atoms with Gasteiger partial charge < -0.3 is 10.7 Å². The molecule has 0 radical (unpaired) electrons. The van der Waals surface area contributed by atoms with Crippen molar-refractivity contribution in [1.82, 2.24) is 15.0 Å². The molecule has 0 bridgehead atoms. The fraction of sp³-hybridized carbons (Fsp3) is 0.174. The van der Waals surface area contributed by atoms with Crippen LogP contribution in [0.2, 0.25) is 0 Å². The van der Waals surface area contributed by atoms with Crippen LogP contribution in [-0.2, 0) is 12.8 Å². The second-order valence-electron chi connectivity index (χ2n) is 7.56. The molecule has 0 fully saturated rings. The van der Waals surface area contributed by atoms with Crippen LogP contribution >= 0.6 is 11.3 Å². The molecule has 3 N–H and O–H groups in total. The SMILES string of the molecule is N#Cc1c[nH]c2ccc3nc(-c4ccc5nc(N)sc5c4)c4c(c3c12)CCCC4. The Morgan fingerprint density at radius 1 is 1.00 bits per heavy atom. The summed E-state index contributed by atoms with van der Waals surface area (Å²) >= 11 is 1.51. The van der Waals surface area contributed by atoms with Crippen LogP contribution in [0.3, 0.4) is 0 Å². The van der Waals surface area contributed by atoms with E-state index in [0.717, 1.165) is 62.5 Å². The Bertz CT molecular complexity index is 1480. The van der Waals surface area contributed by atoms with E-state index in [-0.39, 0.29) is 0 Å². The second-order valence-corrected chi connectivity index (χ2v) is 8.62. The third-order valence-corrected chi connectivity index (χ3v) is 6.76. The average molecular weight is 395 g/mol. The van der Waals surface area contributed by atoms with Crippen molar-refractivity contribution in [3.8, 4) is 17.3 Å². The molecule has 1 aliphatic carbocycles. The van der Waals surface area contributed by atoms with Crippen molar-refractivity contribution < 1.29 is 0 Å². The third-order valence-electron chi connectivity index (χ3n) is 5.91. The van der Waals surface area contributed by atoms with Gasteiger partial charge in [0, 0.05) is 28.0 Å². The maximum absolute atomic E-state index is 9.62. The van der Waals surface area contributed by atoms with Crippen LogP contribution in [0.5, 0.6) is 0 Å². The van der Waals surface area contributed by atoms with Crippen LogP contribution in [0.4, 0.5) is 5.13 Å². The number of anilines is 1. The molecular weight excluding hydrogens is 378 g/mol. The minimum atomic E-state index is 0.588. The molecule has 0 amide bonds.